The van der Waals surface area contributed by atoms with Crippen molar-refractivity contribution < 1.29 is 14.3 Å². The Kier molecular flexibility index (Phi) is 7.25. The molecule has 6 heteroatoms. The van der Waals surface area contributed by atoms with Gasteiger partial charge in [0.25, 0.3) is 5.91 Å². The van der Waals surface area contributed by atoms with Gasteiger partial charge >= 0.3 is 5.97 Å². The van der Waals surface area contributed by atoms with Crippen LogP contribution in [0.5, 0.6) is 0 Å². The van der Waals surface area contributed by atoms with Crippen molar-refractivity contribution in [1.82, 2.24) is 9.88 Å². The Bertz CT molecular complexity index is 678. The lowest BCUT2D eigenvalue weighted by atomic mass is 10.1. The van der Waals surface area contributed by atoms with Gasteiger partial charge in [-0.05, 0) is 44.4 Å². The molecule has 1 rings (SSSR count). The van der Waals surface area contributed by atoms with Crippen LogP contribution in [-0.2, 0) is 20.9 Å². The molecule has 1 aromatic rings. The van der Waals surface area contributed by atoms with Crippen LogP contribution in [0.4, 0.5) is 0 Å². The van der Waals surface area contributed by atoms with E-state index in [1.807, 2.05) is 26.0 Å². The van der Waals surface area contributed by atoms with Crippen molar-refractivity contribution >= 4 is 18.0 Å². The number of nitrogens with zero attached hydrogens (tertiary/aromatic N) is 2. The fourth-order valence-corrected chi connectivity index (χ4v) is 2.37. The number of nitrogens with one attached hydrogen (secondary N) is 1. The van der Waals surface area contributed by atoms with E-state index in [1.165, 1.54) is 6.08 Å². The predicted octanol–water partition coefficient (Wildman–Crippen LogP) is 2.35. The second kappa shape index (κ2) is 8.92. The summed E-state index contributed by atoms with van der Waals surface area (Å²) in [5.74, 6) is -0.695. The van der Waals surface area contributed by atoms with Crippen molar-refractivity contribution in [2.24, 2.45) is 5.92 Å². The first kappa shape index (κ1) is 19.5. The Balaban J connectivity index is 2.94. The first-order valence-corrected chi connectivity index (χ1v) is 8.02. The van der Waals surface area contributed by atoms with Gasteiger partial charge in [-0.25, -0.2) is 4.79 Å². The zero-order valence-electron chi connectivity index (χ0n) is 15.0. The largest absolute Gasteiger partial charge is 0.451 e. The lowest BCUT2D eigenvalue weighted by Crippen LogP contribution is -2.28. The zero-order chi connectivity index (χ0) is 18.3. The average Bonchev–Trinajstić information content (AvgIpc) is 2.77. The molecule has 0 saturated heterocycles. The molecule has 0 aliphatic heterocycles. The van der Waals surface area contributed by atoms with Crippen LogP contribution in [-0.4, -0.2) is 29.6 Å². The summed E-state index contributed by atoms with van der Waals surface area (Å²) in [5, 5.41) is 11.7. The number of esters is 1. The highest BCUT2D eigenvalue weighted by atomic mass is 16.5. The van der Waals surface area contributed by atoms with Crippen molar-refractivity contribution in [3.8, 4) is 6.07 Å². The minimum atomic E-state index is -0.794. The number of aromatic nitrogens is 1. The second-order valence-corrected chi connectivity index (χ2v) is 6.03. The van der Waals surface area contributed by atoms with E-state index >= 15 is 0 Å². The molecule has 0 saturated carbocycles. The molecule has 0 spiro atoms. The zero-order valence-corrected chi connectivity index (χ0v) is 15.0. The fraction of sp³-hybridized carbons (Fsp3) is 0.500. The van der Waals surface area contributed by atoms with Crippen LogP contribution in [0.2, 0.25) is 0 Å². The molecule has 24 heavy (non-hydrogen) atoms. The van der Waals surface area contributed by atoms with Crippen LogP contribution < -0.4 is 5.32 Å². The Hall–Kier alpha value is -2.55. The van der Waals surface area contributed by atoms with Gasteiger partial charge in [0.1, 0.15) is 11.6 Å². The van der Waals surface area contributed by atoms with Gasteiger partial charge in [0, 0.05) is 24.5 Å². The normalized spacial score (nSPS) is 11.3. The van der Waals surface area contributed by atoms with Gasteiger partial charge < -0.3 is 14.6 Å². The Morgan fingerprint density at radius 3 is 2.62 bits per heavy atom. The van der Waals surface area contributed by atoms with Crippen molar-refractivity contribution in [3.05, 3.63) is 28.6 Å². The summed E-state index contributed by atoms with van der Waals surface area (Å²) in [6, 6.07) is 3.79. The monoisotopic (exact) mass is 331 g/mol. The van der Waals surface area contributed by atoms with E-state index in [9.17, 15) is 14.9 Å². The molecular weight excluding hydrogens is 306 g/mol. The molecule has 1 N–H and O–H groups in total. The highest BCUT2D eigenvalue weighted by Crippen LogP contribution is 2.20. The molecule has 0 radical (unpaired) electrons. The number of carbonyl (C=O) groups is 2. The number of aryl methyl sites for hydroxylation is 1. The Morgan fingerprint density at radius 2 is 2.08 bits per heavy atom. The first-order chi connectivity index (χ1) is 11.3. The number of ether oxygens (including phenoxy) is 1. The van der Waals surface area contributed by atoms with Gasteiger partial charge in [-0.1, -0.05) is 13.8 Å². The molecule has 0 aromatic carbocycles. The molecule has 0 aliphatic rings. The van der Waals surface area contributed by atoms with Crippen molar-refractivity contribution in [3.63, 3.8) is 0 Å². The first-order valence-electron chi connectivity index (χ1n) is 8.02. The van der Waals surface area contributed by atoms with Crippen LogP contribution in [0.1, 0.15) is 37.7 Å². The van der Waals surface area contributed by atoms with E-state index in [-0.39, 0.29) is 5.57 Å². The SMILES string of the molecule is CCNC(=O)COC(=O)C(C#N)=Cc1cc(C)n(CC(C)C)c1C. The van der Waals surface area contributed by atoms with Crippen LogP contribution in [0, 0.1) is 31.1 Å². The van der Waals surface area contributed by atoms with Crippen molar-refractivity contribution in [1.29, 1.82) is 5.26 Å². The summed E-state index contributed by atoms with van der Waals surface area (Å²) in [7, 11) is 0. The number of hydrogen-bond donors (Lipinski definition) is 1. The van der Waals surface area contributed by atoms with E-state index in [4.69, 9.17) is 4.74 Å². The number of nitriles is 1. The maximum atomic E-state index is 12.0. The third-order valence-corrected chi connectivity index (χ3v) is 3.51. The molecule has 0 bridgehead atoms. The molecule has 6 nitrogen and oxygen atoms in total. The highest BCUT2D eigenvalue weighted by Gasteiger charge is 2.15. The summed E-state index contributed by atoms with van der Waals surface area (Å²) in [4.78, 5) is 23.3. The van der Waals surface area contributed by atoms with Crippen molar-refractivity contribution in [2.45, 2.75) is 41.2 Å². The summed E-state index contributed by atoms with van der Waals surface area (Å²) in [6.45, 7) is 10.9. The minimum Gasteiger partial charge on any atom is -0.451 e. The number of likely N-dealkylation sites (N-methyl/N-ethyl adjacent to an activating group) is 1. The van der Waals surface area contributed by atoms with E-state index < -0.39 is 18.5 Å². The maximum absolute atomic E-state index is 12.0. The van der Waals surface area contributed by atoms with Gasteiger partial charge in [-0.15, -0.1) is 0 Å². The Morgan fingerprint density at radius 1 is 1.42 bits per heavy atom. The lowest BCUT2D eigenvalue weighted by molar-refractivity contribution is -0.144. The van der Waals surface area contributed by atoms with E-state index in [0.29, 0.717) is 12.5 Å². The number of hydrogen-bond acceptors (Lipinski definition) is 4. The molecule has 0 atom stereocenters. The van der Waals surface area contributed by atoms with Crippen LogP contribution in [0.25, 0.3) is 6.08 Å². The van der Waals surface area contributed by atoms with Crippen LogP contribution >= 0.6 is 0 Å². The fourth-order valence-electron chi connectivity index (χ4n) is 2.37. The number of rotatable bonds is 7. The van der Waals surface area contributed by atoms with Crippen LogP contribution in [0.15, 0.2) is 11.6 Å². The molecule has 130 valence electrons. The molecule has 0 unspecified atom stereocenters. The van der Waals surface area contributed by atoms with E-state index in [0.717, 1.165) is 23.5 Å². The quantitative estimate of drug-likeness (QED) is 0.472. The summed E-state index contributed by atoms with van der Waals surface area (Å²) < 4.78 is 7.03. The highest BCUT2D eigenvalue weighted by molar-refractivity contribution is 5.99. The second-order valence-electron chi connectivity index (χ2n) is 6.03. The van der Waals surface area contributed by atoms with Crippen LogP contribution in [0.3, 0.4) is 0 Å². The average molecular weight is 331 g/mol. The third kappa shape index (κ3) is 5.27. The summed E-state index contributed by atoms with van der Waals surface area (Å²) in [5.41, 5.74) is 2.75. The van der Waals surface area contributed by atoms with E-state index in [1.54, 1.807) is 6.92 Å². The predicted molar refractivity (Wildman–Crippen MR) is 92.0 cm³/mol. The molecule has 1 amide bonds. The molecule has 0 aliphatic carbocycles. The van der Waals surface area contributed by atoms with Gasteiger partial charge in [0.15, 0.2) is 6.61 Å². The summed E-state index contributed by atoms with van der Waals surface area (Å²) in [6.07, 6.45) is 1.51. The number of carbonyl (C=O) groups excluding carboxylic acids is 2. The molecule has 0 fully saturated rings. The standard InChI is InChI=1S/C18H25N3O3/c1-6-20-17(22)11-24-18(23)16(9-19)8-15-7-13(4)21(14(15)5)10-12(2)3/h7-8,12H,6,10-11H2,1-5H3,(H,20,22). The lowest BCUT2D eigenvalue weighted by Gasteiger charge is -2.12. The molecule has 1 heterocycles. The summed E-state index contributed by atoms with van der Waals surface area (Å²) >= 11 is 0. The topological polar surface area (TPSA) is 84.1 Å². The number of amides is 1. The Labute approximate surface area is 143 Å². The maximum Gasteiger partial charge on any atom is 0.349 e. The van der Waals surface area contributed by atoms with Gasteiger partial charge in [-0.2, -0.15) is 5.26 Å². The molecular formula is C18H25N3O3. The van der Waals surface area contributed by atoms with Gasteiger partial charge in [0.2, 0.25) is 0 Å². The molecule has 1 aromatic heterocycles. The smallest absolute Gasteiger partial charge is 0.349 e. The minimum absolute atomic E-state index is 0.121. The third-order valence-electron chi connectivity index (χ3n) is 3.51. The van der Waals surface area contributed by atoms with Gasteiger partial charge in [-0.3, -0.25) is 4.79 Å². The van der Waals surface area contributed by atoms with E-state index in [2.05, 4.69) is 23.7 Å². The van der Waals surface area contributed by atoms with Gasteiger partial charge in [0.05, 0.1) is 0 Å². The van der Waals surface area contributed by atoms with Crippen molar-refractivity contribution in [2.75, 3.05) is 13.2 Å².